The SMILES string of the molecule is C[C@H]1CCCC[C@H]1N(C)C(=O)COCc1ncc[nH]1. The molecule has 0 aliphatic heterocycles. The van der Waals surface area contributed by atoms with Gasteiger partial charge in [-0.2, -0.15) is 0 Å². The summed E-state index contributed by atoms with van der Waals surface area (Å²) >= 11 is 0. The minimum absolute atomic E-state index is 0.0605. The second-order valence-electron chi connectivity index (χ2n) is 5.36. The van der Waals surface area contributed by atoms with E-state index in [1.165, 1.54) is 19.3 Å². The first-order valence-corrected chi connectivity index (χ1v) is 7.00. The molecule has 0 radical (unpaired) electrons. The van der Waals surface area contributed by atoms with Crippen LogP contribution in [0.15, 0.2) is 12.4 Å². The van der Waals surface area contributed by atoms with Crippen molar-refractivity contribution in [1.29, 1.82) is 0 Å². The number of carbonyl (C=O) groups is 1. The molecule has 19 heavy (non-hydrogen) atoms. The number of rotatable bonds is 5. The van der Waals surface area contributed by atoms with E-state index in [0.29, 0.717) is 18.6 Å². The fraction of sp³-hybridized carbons (Fsp3) is 0.714. The van der Waals surface area contributed by atoms with Crippen molar-refractivity contribution in [2.45, 2.75) is 45.3 Å². The number of hydrogen-bond donors (Lipinski definition) is 1. The molecule has 2 atom stereocenters. The Hall–Kier alpha value is -1.36. The minimum Gasteiger partial charge on any atom is -0.364 e. The van der Waals surface area contributed by atoms with Gasteiger partial charge in [0, 0.05) is 25.5 Å². The molecule has 0 spiro atoms. The van der Waals surface area contributed by atoms with Crippen LogP contribution in [-0.2, 0) is 16.1 Å². The Morgan fingerprint density at radius 3 is 3.00 bits per heavy atom. The van der Waals surface area contributed by atoms with Crippen molar-refractivity contribution in [3.8, 4) is 0 Å². The molecule has 0 saturated heterocycles. The van der Waals surface area contributed by atoms with E-state index in [-0.39, 0.29) is 12.5 Å². The number of amides is 1. The molecule has 1 N–H and O–H groups in total. The van der Waals surface area contributed by atoms with E-state index in [2.05, 4.69) is 16.9 Å². The van der Waals surface area contributed by atoms with Crippen LogP contribution in [0.5, 0.6) is 0 Å². The van der Waals surface area contributed by atoms with E-state index in [9.17, 15) is 4.79 Å². The second-order valence-corrected chi connectivity index (χ2v) is 5.36. The molecule has 1 aromatic rings. The number of aromatic nitrogens is 2. The van der Waals surface area contributed by atoms with Crippen LogP contribution in [0.25, 0.3) is 0 Å². The molecule has 5 nitrogen and oxygen atoms in total. The predicted octanol–water partition coefficient (Wildman–Crippen LogP) is 1.96. The highest BCUT2D eigenvalue weighted by Gasteiger charge is 2.27. The quantitative estimate of drug-likeness (QED) is 0.885. The first-order chi connectivity index (χ1) is 9.18. The highest BCUT2D eigenvalue weighted by Crippen LogP contribution is 2.27. The van der Waals surface area contributed by atoms with Crippen molar-refractivity contribution >= 4 is 5.91 Å². The third-order valence-corrected chi connectivity index (χ3v) is 3.98. The van der Waals surface area contributed by atoms with Gasteiger partial charge in [-0.3, -0.25) is 4.79 Å². The molecule has 1 fully saturated rings. The Balaban J connectivity index is 1.75. The second kappa shape index (κ2) is 6.70. The highest BCUT2D eigenvalue weighted by molar-refractivity contribution is 5.77. The smallest absolute Gasteiger partial charge is 0.248 e. The van der Waals surface area contributed by atoms with Gasteiger partial charge in [0.1, 0.15) is 19.0 Å². The number of carbonyl (C=O) groups excluding carboxylic acids is 1. The fourth-order valence-electron chi connectivity index (χ4n) is 2.77. The van der Waals surface area contributed by atoms with Crippen LogP contribution in [0.1, 0.15) is 38.4 Å². The van der Waals surface area contributed by atoms with E-state index < -0.39 is 0 Å². The van der Waals surface area contributed by atoms with Crippen LogP contribution in [0.3, 0.4) is 0 Å². The highest BCUT2D eigenvalue weighted by atomic mass is 16.5. The van der Waals surface area contributed by atoms with Crippen molar-refractivity contribution in [3.05, 3.63) is 18.2 Å². The Morgan fingerprint density at radius 2 is 2.32 bits per heavy atom. The zero-order valence-corrected chi connectivity index (χ0v) is 11.8. The van der Waals surface area contributed by atoms with Gasteiger partial charge in [0.05, 0.1) is 0 Å². The van der Waals surface area contributed by atoms with Crippen molar-refractivity contribution < 1.29 is 9.53 Å². The van der Waals surface area contributed by atoms with Crippen molar-refractivity contribution in [1.82, 2.24) is 14.9 Å². The van der Waals surface area contributed by atoms with Crippen molar-refractivity contribution in [2.75, 3.05) is 13.7 Å². The average Bonchev–Trinajstić information content (AvgIpc) is 2.91. The van der Waals surface area contributed by atoms with Gasteiger partial charge in [0.15, 0.2) is 0 Å². The Kier molecular flexibility index (Phi) is 4.96. The molecule has 1 aliphatic carbocycles. The number of H-pyrrole nitrogens is 1. The third-order valence-electron chi connectivity index (χ3n) is 3.98. The summed E-state index contributed by atoms with van der Waals surface area (Å²) in [5, 5.41) is 0. The number of ether oxygens (including phenoxy) is 1. The van der Waals surface area contributed by atoms with Crippen molar-refractivity contribution in [3.63, 3.8) is 0 Å². The van der Waals surface area contributed by atoms with E-state index in [1.807, 2.05) is 11.9 Å². The zero-order chi connectivity index (χ0) is 13.7. The van der Waals surface area contributed by atoms with Gasteiger partial charge in [0.2, 0.25) is 5.91 Å². The summed E-state index contributed by atoms with van der Waals surface area (Å²) < 4.78 is 5.40. The summed E-state index contributed by atoms with van der Waals surface area (Å²) in [6, 6.07) is 0.369. The molecule has 0 aromatic carbocycles. The summed E-state index contributed by atoms with van der Waals surface area (Å²) in [7, 11) is 1.89. The molecular formula is C14H23N3O2. The maximum Gasteiger partial charge on any atom is 0.248 e. The molecule has 1 heterocycles. The van der Waals surface area contributed by atoms with Gasteiger partial charge < -0.3 is 14.6 Å². The molecule has 1 amide bonds. The molecule has 0 unspecified atom stereocenters. The minimum atomic E-state index is 0.0605. The molecule has 0 bridgehead atoms. The first-order valence-electron chi connectivity index (χ1n) is 7.00. The average molecular weight is 265 g/mol. The normalized spacial score (nSPS) is 23.3. The topological polar surface area (TPSA) is 58.2 Å². The van der Waals surface area contributed by atoms with Gasteiger partial charge in [-0.1, -0.05) is 19.8 Å². The lowest BCUT2D eigenvalue weighted by atomic mass is 9.85. The van der Waals surface area contributed by atoms with Gasteiger partial charge in [-0.05, 0) is 18.8 Å². The van der Waals surface area contributed by atoms with Crippen LogP contribution in [0.2, 0.25) is 0 Å². The fourth-order valence-corrected chi connectivity index (χ4v) is 2.77. The van der Waals surface area contributed by atoms with E-state index in [1.54, 1.807) is 12.4 Å². The Morgan fingerprint density at radius 1 is 1.53 bits per heavy atom. The number of likely N-dealkylation sites (N-methyl/N-ethyl adjacent to an activating group) is 1. The molecule has 106 valence electrons. The summed E-state index contributed by atoms with van der Waals surface area (Å²) in [6.07, 6.45) is 8.26. The van der Waals surface area contributed by atoms with Crippen LogP contribution in [0.4, 0.5) is 0 Å². The molecule has 1 aliphatic rings. The summed E-state index contributed by atoms with van der Waals surface area (Å²) in [6.45, 7) is 2.71. The zero-order valence-electron chi connectivity index (χ0n) is 11.8. The van der Waals surface area contributed by atoms with E-state index in [0.717, 1.165) is 12.2 Å². The maximum absolute atomic E-state index is 12.1. The predicted molar refractivity (Wildman–Crippen MR) is 72.4 cm³/mol. The van der Waals surface area contributed by atoms with Crippen LogP contribution < -0.4 is 0 Å². The Labute approximate surface area is 114 Å². The monoisotopic (exact) mass is 265 g/mol. The lowest BCUT2D eigenvalue weighted by molar-refractivity contribution is -0.139. The van der Waals surface area contributed by atoms with Gasteiger partial charge in [-0.25, -0.2) is 4.98 Å². The van der Waals surface area contributed by atoms with Crippen LogP contribution in [-0.4, -0.2) is 40.5 Å². The van der Waals surface area contributed by atoms with Crippen LogP contribution in [0, 0.1) is 5.92 Å². The summed E-state index contributed by atoms with van der Waals surface area (Å²) in [5.74, 6) is 1.40. The number of nitrogens with one attached hydrogen (secondary N) is 1. The maximum atomic E-state index is 12.1. The van der Waals surface area contributed by atoms with E-state index in [4.69, 9.17) is 4.74 Å². The Bertz CT molecular complexity index is 391. The van der Waals surface area contributed by atoms with Crippen LogP contribution >= 0.6 is 0 Å². The number of nitrogens with zero attached hydrogens (tertiary/aromatic N) is 2. The molecule has 5 heteroatoms. The van der Waals surface area contributed by atoms with Gasteiger partial charge >= 0.3 is 0 Å². The van der Waals surface area contributed by atoms with Gasteiger partial charge in [-0.15, -0.1) is 0 Å². The molecule has 1 aromatic heterocycles. The first kappa shape index (κ1) is 14.1. The standard InChI is InChI=1S/C14H23N3O2/c1-11-5-3-4-6-12(11)17(2)14(18)10-19-9-13-15-7-8-16-13/h7-8,11-12H,3-6,9-10H2,1-2H3,(H,15,16)/t11-,12+/m0/s1. The number of hydrogen-bond acceptors (Lipinski definition) is 3. The lowest BCUT2D eigenvalue weighted by Gasteiger charge is -2.36. The molecular weight excluding hydrogens is 242 g/mol. The number of imidazole rings is 1. The summed E-state index contributed by atoms with van der Waals surface area (Å²) in [5.41, 5.74) is 0. The third kappa shape index (κ3) is 3.80. The number of aromatic amines is 1. The summed E-state index contributed by atoms with van der Waals surface area (Å²) in [4.78, 5) is 21.0. The lowest BCUT2D eigenvalue weighted by Crippen LogP contribution is -2.44. The van der Waals surface area contributed by atoms with Crippen molar-refractivity contribution in [2.24, 2.45) is 5.92 Å². The van der Waals surface area contributed by atoms with Gasteiger partial charge in [0.25, 0.3) is 0 Å². The molecule has 2 rings (SSSR count). The largest absolute Gasteiger partial charge is 0.364 e. The van der Waals surface area contributed by atoms with E-state index >= 15 is 0 Å². The molecule has 1 saturated carbocycles.